The van der Waals surface area contributed by atoms with Crippen LogP contribution in [0, 0.1) is 0 Å². The molecule has 0 saturated carbocycles. The molecule has 0 aliphatic heterocycles. The molecule has 15 heavy (non-hydrogen) atoms. The first-order chi connectivity index (χ1) is 7.17. The van der Waals surface area contributed by atoms with Gasteiger partial charge < -0.3 is 9.47 Å². The van der Waals surface area contributed by atoms with Crippen molar-refractivity contribution in [3.8, 4) is 5.75 Å². The highest BCUT2D eigenvalue weighted by Crippen LogP contribution is 2.13. The molecule has 0 aliphatic rings. The molecular weight excluding hydrogens is 194 g/mol. The van der Waals surface area contributed by atoms with Crippen molar-refractivity contribution in [2.45, 2.75) is 6.92 Å². The third-order valence-electron chi connectivity index (χ3n) is 1.86. The fourth-order valence-corrected chi connectivity index (χ4v) is 0.993. The number of carbonyl (C=O) groups excluding carboxylic acids is 1. The summed E-state index contributed by atoms with van der Waals surface area (Å²) in [5, 5.41) is 0. The van der Waals surface area contributed by atoms with Gasteiger partial charge in [0, 0.05) is 14.0 Å². The van der Waals surface area contributed by atoms with E-state index < -0.39 is 0 Å². The zero-order chi connectivity index (χ0) is 11.3. The first kappa shape index (κ1) is 11.2. The number of carbonyl (C=O) groups is 1. The molecule has 0 radical (unpaired) electrons. The van der Waals surface area contributed by atoms with Gasteiger partial charge in [-0.2, -0.15) is 0 Å². The number of methoxy groups -OCH3 is 1. The monoisotopic (exact) mass is 207 g/mol. The SMILES string of the molecule is CN=C(C)Oc1ccc(C(=O)OC)cc1. The normalized spacial score (nSPS) is 11.0. The van der Waals surface area contributed by atoms with E-state index in [0.29, 0.717) is 17.2 Å². The minimum absolute atomic E-state index is 0.359. The van der Waals surface area contributed by atoms with Gasteiger partial charge in [0.25, 0.3) is 0 Å². The predicted molar refractivity (Wildman–Crippen MR) is 57.4 cm³/mol. The molecule has 0 unspecified atom stereocenters. The number of ether oxygens (including phenoxy) is 2. The Morgan fingerprint density at radius 2 is 1.87 bits per heavy atom. The molecule has 0 fully saturated rings. The molecule has 0 aromatic heterocycles. The van der Waals surface area contributed by atoms with E-state index in [-0.39, 0.29) is 5.97 Å². The van der Waals surface area contributed by atoms with Crippen LogP contribution in [0.3, 0.4) is 0 Å². The van der Waals surface area contributed by atoms with Crippen molar-refractivity contribution in [2.75, 3.05) is 14.2 Å². The van der Waals surface area contributed by atoms with Crippen molar-refractivity contribution in [3.05, 3.63) is 29.8 Å². The highest BCUT2D eigenvalue weighted by molar-refractivity contribution is 5.89. The lowest BCUT2D eigenvalue weighted by Crippen LogP contribution is -2.04. The van der Waals surface area contributed by atoms with Gasteiger partial charge >= 0.3 is 5.97 Å². The summed E-state index contributed by atoms with van der Waals surface area (Å²) in [6.45, 7) is 1.76. The van der Waals surface area contributed by atoms with E-state index in [1.54, 1.807) is 38.2 Å². The summed E-state index contributed by atoms with van der Waals surface area (Å²) in [6, 6.07) is 6.68. The molecule has 1 aromatic rings. The molecule has 1 aromatic carbocycles. The van der Waals surface area contributed by atoms with E-state index in [2.05, 4.69) is 9.73 Å². The molecule has 80 valence electrons. The Morgan fingerprint density at radius 1 is 1.27 bits per heavy atom. The fourth-order valence-electron chi connectivity index (χ4n) is 0.993. The van der Waals surface area contributed by atoms with Crippen LogP contribution in [0.5, 0.6) is 5.75 Å². The molecule has 0 N–H and O–H groups in total. The van der Waals surface area contributed by atoms with Crippen LogP contribution < -0.4 is 4.74 Å². The number of hydrogen-bond acceptors (Lipinski definition) is 4. The fraction of sp³-hybridized carbons (Fsp3) is 0.273. The summed E-state index contributed by atoms with van der Waals surface area (Å²) in [5.74, 6) is 0.856. The Labute approximate surface area is 88.5 Å². The lowest BCUT2D eigenvalue weighted by molar-refractivity contribution is 0.0601. The van der Waals surface area contributed by atoms with Crippen molar-refractivity contribution in [2.24, 2.45) is 4.99 Å². The number of benzene rings is 1. The van der Waals surface area contributed by atoms with Gasteiger partial charge in [-0.25, -0.2) is 4.79 Å². The van der Waals surface area contributed by atoms with Gasteiger partial charge in [0.05, 0.1) is 12.7 Å². The zero-order valence-corrected chi connectivity index (χ0v) is 8.98. The Morgan fingerprint density at radius 3 is 2.33 bits per heavy atom. The predicted octanol–water partition coefficient (Wildman–Crippen LogP) is 1.90. The van der Waals surface area contributed by atoms with Crippen LogP contribution in [-0.4, -0.2) is 26.0 Å². The van der Waals surface area contributed by atoms with Gasteiger partial charge in [0.2, 0.25) is 0 Å². The summed E-state index contributed by atoms with van der Waals surface area (Å²) in [6.07, 6.45) is 0. The number of nitrogens with zero attached hydrogens (tertiary/aromatic N) is 1. The van der Waals surface area contributed by atoms with Crippen LogP contribution in [0.25, 0.3) is 0 Å². The summed E-state index contributed by atoms with van der Waals surface area (Å²) in [7, 11) is 3.00. The Bertz CT molecular complexity index is 368. The first-order valence-electron chi connectivity index (χ1n) is 4.47. The summed E-state index contributed by atoms with van der Waals surface area (Å²) in [5.41, 5.74) is 0.496. The molecule has 0 aliphatic carbocycles. The minimum Gasteiger partial charge on any atom is -0.465 e. The van der Waals surface area contributed by atoms with Gasteiger partial charge in [-0.05, 0) is 24.3 Å². The highest BCUT2D eigenvalue weighted by Gasteiger charge is 2.04. The largest absolute Gasteiger partial charge is 0.465 e. The topological polar surface area (TPSA) is 47.9 Å². The van der Waals surface area contributed by atoms with E-state index in [9.17, 15) is 4.79 Å². The molecule has 0 amide bonds. The molecule has 0 atom stereocenters. The molecule has 0 spiro atoms. The van der Waals surface area contributed by atoms with Gasteiger partial charge in [-0.3, -0.25) is 4.99 Å². The Kier molecular flexibility index (Phi) is 3.85. The maximum atomic E-state index is 11.1. The minimum atomic E-state index is -0.359. The maximum Gasteiger partial charge on any atom is 0.337 e. The van der Waals surface area contributed by atoms with Crippen LogP contribution >= 0.6 is 0 Å². The average molecular weight is 207 g/mol. The first-order valence-corrected chi connectivity index (χ1v) is 4.47. The smallest absolute Gasteiger partial charge is 0.337 e. The van der Waals surface area contributed by atoms with E-state index in [1.165, 1.54) is 7.11 Å². The number of esters is 1. The van der Waals surface area contributed by atoms with Crippen molar-refractivity contribution in [3.63, 3.8) is 0 Å². The quantitative estimate of drug-likeness (QED) is 0.422. The number of hydrogen-bond donors (Lipinski definition) is 0. The van der Waals surface area contributed by atoms with Crippen LogP contribution in [0.2, 0.25) is 0 Å². The molecule has 0 saturated heterocycles. The van der Waals surface area contributed by atoms with E-state index in [4.69, 9.17) is 4.74 Å². The zero-order valence-electron chi connectivity index (χ0n) is 8.98. The lowest BCUT2D eigenvalue weighted by Gasteiger charge is -2.04. The summed E-state index contributed by atoms with van der Waals surface area (Å²) >= 11 is 0. The Hall–Kier alpha value is -1.84. The molecular formula is C11H13NO3. The van der Waals surface area contributed by atoms with Crippen LogP contribution in [-0.2, 0) is 4.74 Å². The summed E-state index contributed by atoms with van der Waals surface area (Å²) in [4.78, 5) is 15.0. The maximum absolute atomic E-state index is 11.1. The third-order valence-corrected chi connectivity index (χ3v) is 1.86. The molecule has 4 heteroatoms. The van der Waals surface area contributed by atoms with Gasteiger partial charge in [0.15, 0.2) is 5.90 Å². The van der Waals surface area contributed by atoms with Crippen LogP contribution in [0.1, 0.15) is 17.3 Å². The molecule has 0 bridgehead atoms. The molecule has 4 nitrogen and oxygen atoms in total. The lowest BCUT2D eigenvalue weighted by atomic mass is 10.2. The standard InChI is InChI=1S/C11H13NO3/c1-8(12-2)15-10-6-4-9(5-7-10)11(13)14-3/h4-7H,1-3H3. The average Bonchev–Trinajstić information content (AvgIpc) is 2.29. The van der Waals surface area contributed by atoms with E-state index in [1.807, 2.05) is 0 Å². The Balaban J connectivity index is 2.77. The highest BCUT2D eigenvalue weighted by atomic mass is 16.5. The summed E-state index contributed by atoms with van der Waals surface area (Å²) < 4.78 is 9.90. The van der Waals surface area contributed by atoms with Gasteiger partial charge in [-0.15, -0.1) is 0 Å². The van der Waals surface area contributed by atoms with E-state index in [0.717, 1.165) is 0 Å². The number of aliphatic imine (C=N–C) groups is 1. The second-order valence-corrected chi connectivity index (χ2v) is 2.86. The van der Waals surface area contributed by atoms with Crippen LogP contribution in [0.15, 0.2) is 29.3 Å². The second-order valence-electron chi connectivity index (χ2n) is 2.86. The second kappa shape index (κ2) is 5.14. The third kappa shape index (κ3) is 3.09. The van der Waals surface area contributed by atoms with Crippen molar-refractivity contribution in [1.29, 1.82) is 0 Å². The van der Waals surface area contributed by atoms with Gasteiger partial charge in [-0.1, -0.05) is 0 Å². The molecule has 0 heterocycles. The number of rotatable bonds is 2. The van der Waals surface area contributed by atoms with Gasteiger partial charge in [0.1, 0.15) is 5.75 Å². The molecule has 1 rings (SSSR count). The van der Waals surface area contributed by atoms with Crippen molar-refractivity contribution in [1.82, 2.24) is 0 Å². The van der Waals surface area contributed by atoms with Crippen molar-refractivity contribution >= 4 is 11.9 Å². The van der Waals surface area contributed by atoms with Crippen LogP contribution in [0.4, 0.5) is 0 Å². The van der Waals surface area contributed by atoms with E-state index >= 15 is 0 Å². The van der Waals surface area contributed by atoms with Crippen molar-refractivity contribution < 1.29 is 14.3 Å².